The van der Waals surface area contributed by atoms with Crippen LogP contribution >= 0.6 is 11.6 Å². The van der Waals surface area contributed by atoms with E-state index in [1.807, 2.05) is 0 Å². The molecule has 0 atom stereocenters. The first-order chi connectivity index (χ1) is 12.0. The van der Waals surface area contributed by atoms with Gasteiger partial charge in [-0.25, -0.2) is 13.8 Å². The number of halogens is 3. The molecule has 10 heteroatoms. The average Bonchev–Trinajstić information content (AvgIpc) is 3.14. The van der Waals surface area contributed by atoms with Crippen molar-refractivity contribution >= 4 is 29.0 Å². The Morgan fingerprint density at radius 2 is 1.88 bits per heavy atom. The van der Waals surface area contributed by atoms with Gasteiger partial charge >= 0.3 is 0 Å². The van der Waals surface area contributed by atoms with Crippen molar-refractivity contribution in [3.05, 3.63) is 53.3 Å². The molecule has 0 saturated heterocycles. The molecule has 4 rings (SSSR count). The van der Waals surface area contributed by atoms with E-state index in [4.69, 9.17) is 11.6 Å². The first-order valence-electron chi connectivity index (χ1n) is 7.15. The predicted octanol–water partition coefficient (Wildman–Crippen LogP) is 3.20. The molecular weight excluding hydrogens is 352 g/mol. The number of benzene rings is 1. The standard InChI is InChI=1S/C15H10ClF2N7/c1-24-6-5-11(23-24)20-15-22-13(12-9(17)3-2-4-10(12)18)21-14-8(16)7-19-25(14)15/h2-7H,1H3,(H,20,21,22,23). The molecule has 0 spiro atoms. The van der Waals surface area contributed by atoms with Crippen LogP contribution < -0.4 is 5.32 Å². The van der Waals surface area contributed by atoms with E-state index in [0.29, 0.717) is 5.82 Å². The second-order valence-electron chi connectivity index (χ2n) is 5.20. The monoisotopic (exact) mass is 361 g/mol. The average molecular weight is 362 g/mol. The van der Waals surface area contributed by atoms with Gasteiger partial charge in [-0.2, -0.15) is 19.7 Å². The van der Waals surface area contributed by atoms with Crippen molar-refractivity contribution in [1.29, 1.82) is 0 Å². The van der Waals surface area contributed by atoms with Crippen LogP contribution in [0.1, 0.15) is 0 Å². The van der Waals surface area contributed by atoms with E-state index in [-0.39, 0.29) is 28.0 Å². The Labute approximate surface area is 144 Å². The highest BCUT2D eigenvalue weighted by atomic mass is 35.5. The Bertz CT molecular complexity index is 1070. The van der Waals surface area contributed by atoms with E-state index in [0.717, 1.165) is 12.1 Å². The summed E-state index contributed by atoms with van der Waals surface area (Å²) in [4.78, 5) is 8.35. The van der Waals surface area contributed by atoms with Crippen LogP contribution in [0.15, 0.2) is 36.7 Å². The fourth-order valence-corrected chi connectivity index (χ4v) is 2.52. The van der Waals surface area contributed by atoms with Gasteiger partial charge in [-0.15, -0.1) is 0 Å². The van der Waals surface area contributed by atoms with Crippen molar-refractivity contribution in [1.82, 2.24) is 29.4 Å². The molecule has 126 valence electrons. The number of nitrogens with one attached hydrogen (secondary N) is 1. The SMILES string of the molecule is Cn1ccc(Nc2nc(-c3c(F)cccc3F)nc3c(Cl)cnn23)n1. The van der Waals surface area contributed by atoms with Gasteiger partial charge in [-0.1, -0.05) is 17.7 Å². The highest BCUT2D eigenvalue weighted by Gasteiger charge is 2.19. The smallest absolute Gasteiger partial charge is 0.233 e. The Morgan fingerprint density at radius 3 is 2.56 bits per heavy atom. The van der Waals surface area contributed by atoms with Gasteiger partial charge in [0.1, 0.15) is 16.7 Å². The lowest BCUT2D eigenvalue weighted by atomic mass is 10.2. The predicted molar refractivity (Wildman–Crippen MR) is 87.6 cm³/mol. The van der Waals surface area contributed by atoms with Crippen LogP contribution in [0.4, 0.5) is 20.5 Å². The summed E-state index contributed by atoms with van der Waals surface area (Å²) >= 11 is 6.08. The number of fused-ring (bicyclic) bond motifs is 1. The molecule has 7 nitrogen and oxygen atoms in total. The van der Waals surface area contributed by atoms with Gasteiger partial charge in [0, 0.05) is 19.3 Å². The summed E-state index contributed by atoms with van der Waals surface area (Å²) in [7, 11) is 1.76. The van der Waals surface area contributed by atoms with Gasteiger partial charge in [0.15, 0.2) is 17.3 Å². The van der Waals surface area contributed by atoms with Gasteiger partial charge in [0.25, 0.3) is 0 Å². The van der Waals surface area contributed by atoms with Crippen molar-refractivity contribution in [2.24, 2.45) is 7.05 Å². The molecule has 0 radical (unpaired) electrons. The summed E-state index contributed by atoms with van der Waals surface area (Å²) in [5, 5.41) is 11.4. The maximum absolute atomic E-state index is 14.1. The minimum absolute atomic E-state index is 0.149. The Balaban J connectivity index is 1.93. The summed E-state index contributed by atoms with van der Waals surface area (Å²) in [6.07, 6.45) is 3.10. The van der Waals surface area contributed by atoms with Crippen LogP contribution in [-0.2, 0) is 7.05 Å². The molecule has 25 heavy (non-hydrogen) atoms. The Hall–Kier alpha value is -3.07. The van der Waals surface area contributed by atoms with E-state index >= 15 is 0 Å². The first-order valence-corrected chi connectivity index (χ1v) is 7.53. The maximum atomic E-state index is 14.1. The fraction of sp³-hybridized carbons (Fsp3) is 0.0667. The molecule has 0 aliphatic rings. The van der Waals surface area contributed by atoms with Crippen LogP contribution in [0.2, 0.25) is 5.02 Å². The molecule has 1 N–H and O–H groups in total. The van der Waals surface area contributed by atoms with Gasteiger partial charge < -0.3 is 5.32 Å². The summed E-state index contributed by atoms with van der Waals surface area (Å²) in [6, 6.07) is 5.25. The van der Waals surface area contributed by atoms with Gasteiger partial charge in [-0.3, -0.25) is 4.68 Å². The molecule has 3 heterocycles. The van der Waals surface area contributed by atoms with Gasteiger partial charge in [0.05, 0.1) is 11.8 Å². The second-order valence-corrected chi connectivity index (χ2v) is 5.60. The van der Waals surface area contributed by atoms with E-state index < -0.39 is 11.6 Å². The molecule has 1 aromatic carbocycles. The van der Waals surface area contributed by atoms with Crippen molar-refractivity contribution in [3.8, 4) is 11.4 Å². The third kappa shape index (κ3) is 2.68. The lowest BCUT2D eigenvalue weighted by Gasteiger charge is -2.09. The number of aryl methyl sites for hydroxylation is 1. The minimum atomic E-state index is -0.774. The number of hydrogen-bond acceptors (Lipinski definition) is 5. The lowest BCUT2D eigenvalue weighted by Crippen LogP contribution is -2.08. The van der Waals surface area contributed by atoms with Crippen molar-refractivity contribution < 1.29 is 8.78 Å². The topological polar surface area (TPSA) is 72.9 Å². The van der Waals surface area contributed by atoms with E-state index in [1.54, 1.807) is 24.0 Å². The molecule has 0 aliphatic heterocycles. The summed E-state index contributed by atoms with van der Waals surface area (Å²) < 4.78 is 31.2. The lowest BCUT2D eigenvalue weighted by molar-refractivity contribution is 0.587. The van der Waals surface area contributed by atoms with Crippen molar-refractivity contribution in [2.45, 2.75) is 0 Å². The summed E-state index contributed by atoms with van der Waals surface area (Å²) in [6.45, 7) is 0. The number of rotatable bonds is 3. The van der Waals surface area contributed by atoms with E-state index in [1.165, 1.54) is 16.8 Å². The van der Waals surface area contributed by atoms with Crippen molar-refractivity contribution in [3.63, 3.8) is 0 Å². The highest BCUT2D eigenvalue weighted by Crippen LogP contribution is 2.27. The van der Waals surface area contributed by atoms with Gasteiger partial charge in [0.2, 0.25) is 5.95 Å². The zero-order valence-electron chi connectivity index (χ0n) is 12.8. The van der Waals surface area contributed by atoms with Crippen LogP contribution in [-0.4, -0.2) is 29.4 Å². The summed E-state index contributed by atoms with van der Waals surface area (Å²) in [5.41, 5.74) is -0.126. The summed E-state index contributed by atoms with van der Waals surface area (Å²) in [5.74, 6) is -1.04. The molecule has 4 aromatic rings. The minimum Gasteiger partial charge on any atom is -0.307 e. The molecule has 0 fully saturated rings. The van der Waals surface area contributed by atoms with E-state index in [2.05, 4.69) is 25.5 Å². The zero-order valence-corrected chi connectivity index (χ0v) is 13.5. The third-order valence-corrected chi connectivity index (χ3v) is 3.73. The fourth-order valence-electron chi connectivity index (χ4n) is 2.35. The Kier molecular flexibility index (Phi) is 3.57. The maximum Gasteiger partial charge on any atom is 0.233 e. The van der Waals surface area contributed by atoms with Crippen LogP contribution in [0, 0.1) is 11.6 Å². The molecular formula is C15H10ClF2N7. The van der Waals surface area contributed by atoms with Gasteiger partial charge in [-0.05, 0) is 12.1 Å². The quantitative estimate of drug-likeness (QED) is 0.606. The number of hydrogen-bond donors (Lipinski definition) is 1. The molecule has 0 amide bonds. The van der Waals surface area contributed by atoms with Crippen LogP contribution in [0.5, 0.6) is 0 Å². The van der Waals surface area contributed by atoms with Crippen LogP contribution in [0.3, 0.4) is 0 Å². The Morgan fingerprint density at radius 1 is 1.12 bits per heavy atom. The first kappa shape index (κ1) is 15.5. The largest absolute Gasteiger partial charge is 0.307 e. The van der Waals surface area contributed by atoms with Crippen LogP contribution in [0.25, 0.3) is 17.0 Å². The molecule has 0 aliphatic carbocycles. The van der Waals surface area contributed by atoms with E-state index in [9.17, 15) is 8.78 Å². The molecule has 3 aromatic heterocycles. The zero-order chi connectivity index (χ0) is 17.6. The highest BCUT2D eigenvalue weighted by molar-refractivity contribution is 6.33. The van der Waals surface area contributed by atoms with Crippen molar-refractivity contribution in [2.75, 3.05) is 5.32 Å². The second kappa shape index (κ2) is 5.78. The molecule has 0 bridgehead atoms. The molecule has 0 unspecified atom stereocenters. The number of anilines is 2. The third-order valence-electron chi connectivity index (χ3n) is 3.46. The number of nitrogens with zero attached hydrogens (tertiary/aromatic N) is 6. The molecule has 0 saturated carbocycles. The normalized spacial score (nSPS) is 11.2. The number of aromatic nitrogens is 6.